The summed E-state index contributed by atoms with van der Waals surface area (Å²) < 4.78 is 34.5. The van der Waals surface area contributed by atoms with Crippen LogP contribution in [0, 0.1) is 0 Å². The fraction of sp³-hybridized carbons (Fsp3) is 0.0172. The van der Waals surface area contributed by atoms with E-state index >= 15 is 0 Å². The second-order valence-electron chi connectivity index (χ2n) is 32.6. The lowest BCUT2D eigenvalue weighted by molar-refractivity contribution is 0.359. The van der Waals surface area contributed by atoms with Crippen molar-refractivity contribution in [3.63, 3.8) is 0 Å². The van der Waals surface area contributed by atoms with Gasteiger partial charge in [-0.2, -0.15) is 0 Å². The molecular weight excluding hydrogens is 1590 g/mol. The van der Waals surface area contributed by atoms with Crippen molar-refractivity contribution in [1.82, 2.24) is 29.9 Å². The van der Waals surface area contributed by atoms with Crippen LogP contribution in [-0.4, -0.2) is 29.9 Å². The van der Waals surface area contributed by atoms with Crippen molar-refractivity contribution in [3.05, 3.63) is 469 Å². The molecule has 0 radical (unpaired) electrons. The molecule has 6 heterocycles. The van der Waals surface area contributed by atoms with Gasteiger partial charge in [-0.25, -0.2) is 29.9 Å². The molecule has 4 aliphatic rings. The summed E-state index contributed by atoms with van der Waals surface area (Å²) >= 11 is 1.81. The van der Waals surface area contributed by atoms with E-state index in [2.05, 4.69) is 237 Å². The van der Waals surface area contributed by atoms with E-state index in [-0.39, 0.29) is 0 Å². The van der Waals surface area contributed by atoms with Crippen LogP contribution in [0.15, 0.2) is 429 Å². The van der Waals surface area contributed by atoms with E-state index in [4.69, 9.17) is 53.3 Å². The van der Waals surface area contributed by atoms with Crippen LogP contribution in [0.4, 0.5) is 0 Å². The Morgan fingerprint density at radius 3 is 0.805 bits per heavy atom. The lowest BCUT2D eigenvalue weighted by Crippen LogP contribution is -2.28. The molecule has 4 aromatic heterocycles. The molecule has 0 N–H and O–H groups in total. The lowest BCUT2D eigenvalue weighted by atomic mass is 9.67. The molecule has 12 heteroatoms. The van der Waals surface area contributed by atoms with E-state index in [1.165, 1.54) is 70.2 Å². The number of benzene rings is 18. The van der Waals surface area contributed by atoms with Gasteiger partial charge < -0.3 is 23.4 Å². The molecule has 26 rings (SSSR count). The van der Waals surface area contributed by atoms with Crippen LogP contribution in [-0.2, 0) is 10.8 Å². The molecule has 600 valence electrons. The van der Waals surface area contributed by atoms with Crippen molar-refractivity contribution >= 4 is 53.4 Å². The molecule has 0 bridgehead atoms. The van der Waals surface area contributed by atoms with Crippen molar-refractivity contribution in [2.75, 3.05) is 0 Å². The quantitative estimate of drug-likeness (QED) is 0.116. The van der Waals surface area contributed by atoms with E-state index in [0.29, 0.717) is 75.2 Å². The Bertz CT molecular complexity index is 7520. The summed E-state index contributed by atoms with van der Waals surface area (Å²) in [5.41, 5.74) is 24.9. The number of hydrogen-bond donors (Lipinski definition) is 0. The molecule has 2 aliphatic carbocycles. The maximum Gasteiger partial charge on any atom is 0.170 e. The Balaban J connectivity index is 0.000000139. The third-order valence-electron chi connectivity index (χ3n) is 25.4. The van der Waals surface area contributed by atoms with Gasteiger partial charge in [0.05, 0.1) is 10.8 Å². The van der Waals surface area contributed by atoms with Gasteiger partial charge in [0.1, 0.15) is 11.2 Å². The molecule has 128 heavy (non-hydrogen) atoms. The predicted molar refractivity (Wildman–Crippen MR) is 511 cm³/mol. The molecule has 0 saturated heterocycles. The zero-order valence-corrected chi connectivity index (χ0v) is 69.4. The first-order valence-electron chi connectivity index (χ1n) is 42.8. The van der Waals surface area contributed by atoms with E-state index in [0.717, 1.165) is 100 Å². The summed E-state index contributed by atoms with van der Waals surface area (Å²) in [4.78, 5) is 29.9. The molecule has 0 unspecified atom stereocenters. The molecule has 0 amide bonds. The van der Waals surface area contributed by atoms with Crippen molar-refractivity contribution in [1.29, 1.82) is 0 Å². The van der Waals surface area contributed by atoms with Crippen LogP contribution in [0.3, 0.4) is 0 Å². The van der Waals surface area contributed by atoms with Crippen molar-refractivity contribution in [2.24, 2.45) is 0 Å². The zero-order chi connectivity index (χ0) is 84.4. The second kappa shape index (κ2) is 30.0. The molecular formula is C116H70N6O5S. The second-order valence-corrected chi connectivity index (χ2v) is 33.7. The van der Waals surface area contributed by atoms with E-state index in [1.807, 2.05) is 188 Å². The molecule has 0 fully saturated rings. The van der Waals surface area contributed by atoms with Crippen LogP contribution in [0.2, 0.25) is 0 Å². The van der Waals surface area contributed by atoms with Gasteiger partial charge in [0.15, 0.2) is 80.9 Å². The van der Waals surface area contributed by atoms with Gasteiger partial charge in [-0.05, 0) is 198 Å². The minimum absolute atomic E-state index is 0.596. The summed E-state index contributed by atoms with van der Waals surface area (Å²) in [6, 6.07) is 148. The van der Waals surface area contributed by atoms with Crippen molar-refractivity contribution < 1.29 is 23.4 Å². The number of thiophene rings is 1. The van der Waals surface area contributed by atoms with Crippen LogP contribution in [0.25, 0.3) is 155 Å². The van der Waals surface area contributed by atoms with Gasteiger partial charge in [-0.1, -0.05) is 315 Å². The highest BCUT2D eigenvalue weighted by Gasteiger charge is 2.49. The third kappa shape index (κ3) is 12.2. The summed E-state index contributed by atoms with van der Waals surface area (Å²) in [7, 11) is 0. The maximum atomic E-state index is 6.52. The van der Waals surface area contributed by atoms with Gasteiger partial charge in [-0.3, -0.25) is 0 Å². The number of fused-ring (bicyclic) bond motifs is 16. The molecule has 2 aliphatic heterocycles. The molecule has 11 nitrogen and oxygen atoms in total. The fourth-order valence-electron chi connectivity index (χ4n) is 19.5. The Hall–Kier alpha value is -16.8. The number of aromatic nitrogens is 6. The largest absolute Gasteiger partial charge is 0.456 e. The topological polar surface area (TPSA) is 127 Å². The Morgan fingerprint density at radius 1 is 0.180 bits per heavy atom. The third-order valence-corrected chi connectivity index (χ3v) is 26.5. The number of furan rings is 1. The number of para-hydroxylation sites is 4. The van der Waals surface area contributed by atoms with Crippen LogP contribution >= 0.6 is 11.3 Å². The van der Waals surface area contributed by atoms with E-state index in [9.17, 15) is 0 Å². The monoisotopic (exact) mass is 1660 g/mol. The molecule has 22 aromatic rings. The standard InChI is InChI=1S/C58H35N3O3.C58H35N3O2S/c1-3-13-37(14-4-1)55-59-56(38-15-5-2-6-16-38)61-57(60-55)40-26-31-50-46(34-40)45-33-39(25-30-49(45)62-50)36-23-27-41(28-24-36)58(47-19-9-7-17-43(47)44-18-8-10-20-48(44)58)42-29-32-53-54(35-42)64-52-22-12-11-21-51(52)63-53;1-3-13-37(14-4-1)55-59-56(38-15-5-2-6-16-38)61-57(60-55)40-26-32-54-46(34-40)45-33-39(25-31-53(45)64-54)36-23-27-41(28-24-36)58(47-19-9-7-17-43(47)44-18-8-10-20-48(44)58)42-29-30-51-52(35-42)63-50-22-12-11-21-49(50)62-51/h2*1-35H. The number of ether oxygens (including phenoxy) is 4. The minimum Gasteiger partial charge on any atom is -0.456 e. The van der Waals surface area contributed by atoms with Gasteiger partial charge >= 0.3 is 0 Å². The SMILES string of the molecule is c1ccc(-c2nc(-c3ccccc3)nc(-c3ccc4oc5ccc(-c6ccc(C7(c8ccc9c(c8)Oc8ccccc8O9)c8ccccc8-c8ccccc87)cc6)cc5c4c3)n2)cc1.c1ccc(-c2nc(-c3ccccc3)nc(-c3ccc4sc5ccc(-c6ccc(C7(c8ccc9c(c8)Oc8ccccc8O9)c8ccccc8-c8ccccc87)cc6)cc5c4c3)n2)cc1. The maximum absolute atomic E-state index is 6.52. The molecule has 0 atom stereocenters. The normalized spacial score (nSPS) is 13.1. The molecule has 0 saturated carbocycles. The minimum atomic E-state index is -0.613. The van der Waals surface area contributed by atoms with E-state index in [1.54, 1.807) is 11.3 Å². The molecule has 0 spiro atoms. The fourth-order valence-corrected chi connectivity index (χ4v) is 20.5. The predicted octanol–water partition coefficient (Wildman–Crippen LogP) is 29.9. The first-order valence-corrected chi connectivity index (χ1v) is 43.6. The Morgan fingerprint density at radius 2 is 0.438 bits per heavy atom. The molecule has 18 aromatic carbocycles. The van der Waals surface area contributed by atoms with Gasteiger partial charge in [0.25, 0.3) is 0 Å². The number of hydrogen-bond acceptors (Lipinski definition) is 12. The van der Waals surface area contributed by atoms with Crippen molar-refractivity contribution in [2.45, 2.75) is 10.8 Å². The summed E-state index contributed by atoms with van der Waals surface area (Å²) in [5, 5.41) is 4.40. The zero-order valence-electron chi connectivity index (χ0n) is 68.5. The highest BCUT2D eigenvalue weighted by molar-refractivity contribution is 7.25. The Kier molecular flexibility index (Phi) is 17.3. The first-order chi connectivity index (χ1) is 63.3. The smallest absolute Gasteiger partial charge is 0.170 e. The van der Waals surface area contributed by atoms with Crippen LogP contribution < -0.4 is 18.9 Å². The summed E-state index contributed by atoms with van der Waals surface area (Å²) in [6.45, 7) is 0. The van der Waals surface area contributed by atoms with E-state index < -0.39 is 10.8 Å². The number of rotatable bonds is 12. The Labute approximate surface area is 740 Å². The number of nitrogens with zero attached hydrogens (tertiary/aromatic N) is 6. The van der Waals surface area contributed by atoms with Gasteiger partial charge in [0, 0.05) is 64.3 Å². The highest BCUT2D eigenvalue weighted by atomic mass is 32.1. The van der Waals surface area contributed by atoms with Crippen LogP contribution in [0.5, 0.6) is 46.0 Å². The van der Waals surface area contributed by atoms with Gasteiger partial charge in [-0.15, -0.1) is 11.3 Å². The lowest BCUT2D eigenvalue weighted by Gasteiger charge is -2.34. The van der Waals surface area contributed by atoms with Crippen LogP contribution in [0.1, 0.15) is 44.5 Å². The highest BCUT2D eigenvalue weighted by Crippen LogP contribution is 2.61. The summed E-state index contributed by atoms with van der Waals surface area (Å²) in [5.74, 6) is 9.45. The van der Waals surface area contributed by atoms with Gasteiger partial charge in [0.2, 0.25) is 0 Å². The average Bonchev–Trinajstić information content (AvgIpc) is 1.53. The first kappa shape index (κ1) is 73.9. The summed E-state index contributed by atoms with van der Waals surface area (Å²) in [6.07, 6.45) is 0. The average molecular weight is 1660 g/mol. The van der Waals surface area contributed by atoms with Crippen molar-refractivity contribution in [3.8, 4) is 159 Å².